The lowest BCUT2D eigenvalue weighted by Crippen LogP contribution is -2.38. The maximum atomic E-state index is 12.7. The molecule has 0 spiro atoms. The highest BCUT2D eigenvalue weighted by molar-refractivity contribution is 6.33. The first-order valence-electron chi connectivity index (χ1n) is 8.18. The quantitative estimate of drug-likeness (QED) is 0.821. The van der Waals surface area contributed by atoms with Crippen molar-refractivity contribution < 1.29 is 23.1 Å². The van der Waals surface area contributed by atoms with Gasteiger partial charge in [0.15, 0.2) is 11.6 Å². The molecule has 0 aliphatic carbocycles. The lowest BCUT2D eigenvalue weighted by Gasteiger charge is -2.32. The number of nitrogens with zero attached hydrogens (tertiary/aromatic N) is 3. The van der Waals surface area contributed by atoms with Crippen molar-refractivity contribution in [2.45, 2.75) is 19.0 Å². The highest BCUT2D eigenvalue weighted by Crippen LogP contribution is 2.34. The second-order valence-corrected chi connectivity index (χ2v) is 6.56. The molecule has 2 N–H and O–H groups in total. The fourth-order valence-corrected chi connectivity index (χ4v) is 3.17. The fraction of sp³-hybridized carbons (Fsp3) is 0.353. The highest BCUT2D eigenvalue weighted by Gasteiger charge is 2.33. The Labute approximate surface area is 158 Å². The van der Waals surface area contributed by atoms with Crippen molar-refractivity contribution in [1.29, 1.82) is 0 Å². The van der Waals surface area contributed by atoms with Gasteiger partial charge >= 0.3 is 6.18 Å². The van der Waals surface area contributed by atoms with E-state index in [4.69, 9.17) is 11.6 Å². The summed E-state index contributed by atoms with van der Waals surface area (Å²) in [5.41, 5.74) is -0.902. The maximum absolute atomic E-state index is 12.7. The number of piperidine rings is 1. The minimum atomic E-state index is -4.50. The Morgan fingerprint density at radius 1 is 1.30 bits per heavy atom. The van der Waals surface area contributed by atoms with Crippen LogP contribution in [0.3, 0.4) is 0 Å². The van der Waals surface area contributed by atoms with Gasteiger partial charge in [0.2, 0.25) is 5.91 Å². The number of hydrogen-bond donors (Lipinski definition) is 2. The molecule has 2 aromatic heterocycles. The van der Waals surface area contributed by atoms with Crippen LogP contribution in [0.4, 0.5) is 24.8 Å². The maximum Gasteiger partial charge on any atom is 0.417 e. The normalized spacial score (nSPS) is 15.6. The Hall–Kier alpha value is -2.55. The molecule has 1 saturated heterocycles. The van der Waals surface area contributed by atoms with Gasteiger partial charge in [0, 0.05) is 31.4 Å². The summed E-state index contributed by atoms with van der Waals surface area (Å²) in [7, 11) is 0. The van der Waals surface area contributed by atoms with E-state index in [0.29, 0.717) is 25.9 Å². The summed E-state index contributed by atoms with van der Waals surface area (Å²) in [5, 5.41) is 12.2. The van der Waals surface area contributed by atoms with Gasteiger partial charge in [-0.3, -0.25) is 4.79 Å². The molecule has 6 nitrogen and oxygen atoms in total. The van der Waals surface area contributed by atoms with Gasteiger partial charge in [-0.25, -0.2) is 9.97 Å². The smallest absolute Gasteiger partial charge is 0.417 e. The van der Waals surface area contributed by atoms with Crippen molar-refractivity contribution >= 4 is 29.1 Å². The van der Waals surface area contributed by atoms with Gasteiger partial charge in [0.25, 0.3) is 0 Å². The van der Waals surface area contributed by atoms with Crippen LogP contribution >= 0.6 is 11.6 Å². The molecule has 1 amide bonds. The van der Waals surface area contributed by atoms with Crippen molar-refractivity contribution in [2.75, 3.05) is 23.3 Å². The van der Waals surface area contributed by atoms with Gasteiger partial charge < -0.3 is 15.3 Å². The zero-order chi connectivity index (χ0) is 19.6. The molecule has 27 heavy (non-hydrogen) atoms. The summed E-state index contributed by atoms with van der Waals surface area (Å²) in [6.07, 6.45) is -1.35. The monoisotopic (exact) mass is 400 g/mol. The summed E-state index contributed by atoms with van der Waals surface area (Å²) >= 11 is 5.97. The van der Waals surface area contributed by atoms with E-state index in [2.05, 4.69) is 15.3 Å². The van der Waals surface area contributed by atoms with E-state index in [0.717, 1.165) is 12.3 Å². The van der Waals surface area contributed by atoms with Crippen LogP contribution in [0, 0.1) is 5.92 Å². The van der Waals surface area contributed by atoms with Gasteiger partial charge in [-0.05, 0) is 31.0 Å². The number of hydrogen-bond acceptors (Lipinski definition) is 5. The summed E-state index contributed by atoms with van der Waals surface area (Å²) in [4.78, 5) is 21.8. The Balaban J connectivity index is 1.62. The summed E-state index contributed by atoms with van der Waals surface area (Å²) in [5.74, 6) is -0.335. The lowest BCUT2D eigenvalue weighted by molar-refractivity contribution is -0.137. The molecule has 0 aromatic carbocycles. The molecule has 0 saturated carbocycles. The Bertz CT molecular complexity index is 839. The number of pyridine rings is 2. The first-order chi connectivity index (χ1) is 12.8. The van der Waals surface area contributed by atoms with Crippen LogP contribution in [-0.2, 0) is 11.0 Å². The Morgan fingerprint density at radius 2 is 2.00 bits per heavy atom. The molecule has 0 unspecified atom stereocenters. The molecule has 1 aliphatic rings. The molecule has 1 fully saturated rings. The lowest BCUT2D eigenvalue weighted by atomic mass is 9.96. The van der Waals surface area contributed by atoms with Gasteiger partial charge in [0.1, 0.15) is 5.82 Å². The number of carbonyl (C=O) groups is 1. The van der Waals surface area contributed by atoms with E-state index in [1.54, 1.807) is 11.0 Å². The predicted molar refractivity (Wildman–Crippen MR) is 93.7 cm³/mol. The molecule has 2 aromatic rings. The van der Waals surface area contributed by atoms with Crippen LogP contribution in [0.1, 0.15) is 18.4 Å². The number of aromatic hydroxyl groups is 1. The number of anilines is 2. The van der Waals surface area contributed by atoms with Crippen LogP contribution in [0.2, 0.25) is 5.02 Å². The van der Waals surface area contributed by atoms with E-state index in [1.807, 2.05) is 0 Å². The number of halogens is 4. The SMILES string of the molecule is O=C(Nc1ncccc1O)C1CCN(c2ncc(C(F)(F)F)cc2Cl)CC1. The zero-order valence-electron chi connectivity index (χ0n) is 14.0. The Kier molecular flexibility index (Phi) is 5.41. The van der Waals surface area contributed by atoms with Crippen LogP contribution in [0.5, 0.6) is 5.75 Å². The van der Waals surface area contributed by atoms with Crippen LogP contribution in [0.15, 0.2) is 30.6 Å². The third-order valence-electron chi connectivity index (χ3n) is 4.34. The topological polar surface area (TPSA) is 78.3 Å². The number of aromatic nitrogens is 2. The van der Waals surface area contributed by atoms with Gasteiger partial charge in [0.05, 0.1) is 10.6 Å². The third-order valence-corrected chi connectivity index (χ3v) is 4.62. The minimum absolute atomic E-state index is 0.0777. The number of rotatable bonds is 3. The average molecular weight is 401 g/mol. The van der Waals surface area contributed by atoms with Crippen LogP contribution in [-0.4, -0.2) is 34.1 Å². The number of alkyl halides is 3. The number of amides is 1. The standard InChI is InChI=1S/C17H16ClF3N4O2/c18-12-8-11(17(19,20)21)9-23-15(12)25-6-3-10(4-7-25)16(27)24-14-13(26)2-1-5-22-14/h1-2,5,8-10,26H,3-4,6-7H2,(H,22,24,27). The largest absolute Gasteiger partial charge is 0.504 e. The van der Waals surface area contributed by atoms with Gasteiger partial charge in [-0.1, -0.05) is 11.6 Å². The molecule has 0 atom stereocenters. The molecule has 1 aliphatic heterocycles. The minimum Gasteiger partial charge on any atom is -0.504 e. The fourth-order valence-electron chi connectivity index (χ4n) is 2.88. The van der Waals surface area contributed by atoms with Gasteiger partial charge in [-0.15, -0.1) is 0 Å². The van der Waals surface area contributed by atoms with Crippen molar-refractivity contribution in [3.8, 4) is 5.75 Å². The molecular formula is C17H16ClF3N4O2. The molecule has 3 rings (SSSR count). The van der Waals surface area contributed by atoms with Crippen molar-refractivity contribution in [3.63, 3.8) is 0 Å². The van der Waals surface area contributed by atoms with E-state index >= 15 is 0 Å². The highest BCUT2D eigenvalue weighted by atomic mass is 35.5. The number of nitrogens with one attached hydrogen (secondary N) is 1. The van der Waals surface area contributed by atoms with E-state index < -0.39 is 11.7 Å². The summed E-state index contributed by atoms with van der Waals surface area (Å²) < 4.78 is 38.1. The molecule has 0 bridgehead atoms. The van der Waals surface area contributed by atoms with E-state index in [-0.39, 0.29) is 34.2 Å². The van der Waals surface area contributed by atoms with E-state index in [1.165, 1.54) is 12.3 Å². The summed E-state index contributed by atoms with van der Waals surface area (Å²) in [6, 6.07) is 3.82. The molecule has 10 heteroatoms. The third kappa shape index (κ3) is 4.41. The van der Waals surface area contributed by atoms with E-state index in [9.17, 15) is 23.1 Å². The number of carbonyl (C=O) groups excluding carboxylic acids is 1. The first kappa shape index (κ1) is 19.2. The summed E-state index contributed by atoms with van der Waals surface area (Å²) in [6.45, 7) is 0.842. The second kappa shape index (κ2) is 7.59. The zero-order valence-corrected chi connectivity index (χ0v) is 14.8. The van der Waals surface area contributed by atoms with Gasteiger partial charge in [-0.2, -0.15) is 13.2 Å². The van der Waals surface area contributed by atoms with Crippen molar-refractivity contribution in [2.24, 2.45) is 5.92 Å². The Morgan fingerprint density at radius 3 is 2.59 bits per heavy atom. The molecule has 3 heterocycles. The molecular weight excluding hydrogens is 385 g/mol. The first-order valence-corrected chi connectivity index (χ1v) is 8.56. The van der Waals surface area contributed by atoms with Crippen molar-refractivity contribution in [1.82, 2.24) is 9.97 Å². The molecule has 0 radical (unpaired) electrons. The average Bonchev–Trinajstić information content (AvgIpc) is 2.63. The van der Waals surface area contributed by atoms with Crippen LogP contribution < -0.4 is 10.2 Å². The second-order valence-electron chi connectivity index (χ2n) is 6.15. The predicted octanol–water partition coefficient (Wildman–Crippen LogP) is 3.71. The van der Waals surface area contributed by atoms with Crippen molar-refractivity contribution in [3.05, 3.63) is 41.2 Å². The van der Waals surface area contributed by atoms with Crippen LogP contribution in [0.25, 0.3) is 0 Å². The molecule has 144 valence electrons.